The fourth-order valence-electron chi connectivity index (χ4n) is 3.93. The van der Waals surface area contributed by atoms with Crippen molar-refractivity contribution in [2.45, 2.75) is 48.0 Å². The summed E-state index contributed by atoms with van der Waals surface area (Å²) in [6.45, 7) is 6.61. The second kappa shape index (κ2) is 7.09. The van der Waals surface area contributed by atoms with Crippen LogP contribution in [0.3, 0.4) is 0 Å². The van der Waals surface area contributed by atoms with Crippen LogP contribution in [0.2, 0.25) is 0 Å². The first-order valence-electron chi connectivity index (χ1n) is 8.85. The Kier molecular flexibility index (Phi) is 4.84. The Morgan fingerprint density at radius 1 is 1.28 bits per heavy atom. The molecule has 3 aliphatic heterocycles. The van der Waals surface area contributed by atoms with Gasteiger partial charge >= 0.3 is 0 Å². The Labute approximate surface area is 157 Å². The molecule has 5 rings (SSSR count). The second-order valence-electron chi connectivity index (χ2n) is 6.99. The van der Waals surface area contributed by atoms with E-state index in [-0.39, 0.29) is 11.9 Å². The molecule has 0 aliphatic carbocycles. The van der Waals surface area contributed by atoms with E-state index in [2.05, 4.69) is 27.5 Å². The lowest BCUT2D eigenvalue weighted by Crippen LogP contribution is -2.62. The smallest absolute Gasteiger partial charge is 0.251 e. The van der Waals surface area contributed by atoms with E-state index in [9.17, 15) is 4.79 Å². The number of carbonyl (C=O) groups excluding carboxylic acids is 1. The van der Waals surface area contributed by atoms with E-state index in [0.29, 0.717) is 12.0 Å². The molecule has 0 spiro atoms. The van der Waals surface area contributed by atoms with Crippen LogP contribution in [0.4, 0.5) is 0 Å². The predicted octanol–water partition coefficient (Wildman–Crippen LogP) is 3.82. The monoisotopic (exact) mass is 373 g/mol. The number of rotatable bonds is 4. The third-order valence-corrected chi connectivity index (χ3v) is 7.46. The summed E-state index contributed by atoms with van der Waals surface area (Å²) in [4.78, 5) is 20.7. The minimum Gasteiger partial charge on any atom is -0.347 e. The lowest BCUT2D eigenvalue weighted by molar-refractivity contribution is 0.0217. The van der Waals surface area contributed by atoms with E-state index in [1.54, 1.807) is 23.1 Å². The summed E-state index contributed by atoms with van der Waals surface area (Å²) in [7, 11) is 0. The minimum absolute atomic E-state index is 0.0484. The van der Waals surface area contributed by atoms with Crippen LogP contribution in [-0.2, 0) is 0 Å². The molecule has 3 aliphatic rings. The molecule has 1 N–H and O–H groups in total. The lowest BCUT2D eigenvalue weighted by atomic mass is 9.79. The van der Waals surface area contributed by atoms with Crippen molar-refractivity contribution in [1.82, 2.24) is 15.2 Å². The highest BCUT2D eigenvalue weighted by Gasteiger charge is 2.40. The van der Waals surface area contributed by atoms with Crippen LogP contribution in [0.15, 0.2) is 38.9 Å². The normalized spacial score (nSPS) is 28.1. The largest absolute Gasteiger partial charge is 0.347 e. The number of aromatic nitrogens is 1. The summed E-state index contributed by atoms with van der Waals surface area (Å²) < 4.78 is 1.04. The average Bonchev–Trinajstić information content (AvgIpc) is 3.04. The molecule has 3 fully saturated rings. The molecule has 25 heavy (non-hydrogen) atoms. The zero-order chi connectivity index (χ0) is 17.4. The zero-order valence-electron chi connectivity index (χ0n) is 14.6. The molecule has 6 heteroatoms. The van der Waals surface area contributed by atoms with Gasteiger partial charge in [-0.1, -0.05) is 11.8 Å². The summed E-state index contributed by atoms with van der Waals surface area (Å²) >= 11 is 3.30. The van der Waals surface area contributed by atoms with Gasteiger partial charge < -0.3 is 5.32 Å². The maximum Gasteiger partial charge on any atom is 0.251 e. The van der Waals surface area contributed by atoms with E-state index >= 15 is 0 Å². The third-order valence-electron chi connectivity index (χ3n) is 5.40. The van der Waals surface area contributed by atoms with Gasteiger partial charge in [0.1, 0.15) is 0 Å². The number of hydrogen-bond acceptors (Lipinski definition) is 5. The average molecular weight is 374 g/mol. The Morgan fingerprint density at radius 2 is 2.00 bits per heavy atom. The van der Waals surface area contributed by atoms with Gasteiger partial charge in [0.05, 0.1) is 0 Å². The highest BCUT2D eigenvalue weighted by atomic mass is 32.2. The van der Waals surface area contributed by atoms with Gasteiger partial charge in [-0.15, -0.1) is 11.3 Å². The van der Waals surface area contributed by atoms with Crippen LogP contribution < -0.4 is 5.32 Å². The van der Waals surface area contributed by atoms with Crippen molar-refractivity contribution >= 4 is 29.0 Å². The van der Waals surface area contributed by atoms with E-state index < -0.39 is 0 Å². The van der Waals surface area contributed by atoms with Crippen LogP contribution in [0.1, 0.15) is 35.8 Å². The fraction of sp³-hybridized carbons (Fsp3) is 0.474. The van der Waals surface area contributed by atoms with E-state index in [1.165, 1.54) is 25.9 Å². The third kappa shape index (κ3) is 3.61. The van der Waals surface area contributed by atoms with Crippen LogP contribution in [0, 0.1) is 12.8 Å². The Hall–Kier alpha value is -1.37. The van der Waals surface area contributed by atoms with Gasteiger partial charge in [0.25, 0.3) is 5.91 Å². The molecule has 132 valence electrons. The minimum atomic E-state index is 0.0484. The highest BCUT2D eigenvalue weighted by molar-refractivity contribution is 8.01. The molecule has 2 unspecified atom stereocenters. The van der Waals surface area contributed by atoms with Crippen molar-refractivity contribution in [2.75, 3.05) is 13.1 Å². The van der Waals surface area contributed by atoms with Crippen molar-refractivity contribution in [3.8, 4) is 0 Å². The standard InChI is InChI=1S/C19H23N3OS2/c1-12-11-24-19(20-12)25-16-5-3-15(4-6-16)18(23)21-17-13(2)22-9-7-14(17)8-10-22/h3-6,11,13-14,17H,7-10H2,1-2H3,(H,21,23). The van der Waals surface area contributed by atoms with Gasteiger partial charge in [0, 0.05) is 33.6 Å². The van der Waals surface area contributed by atoms with E-state index in [0.717, 1.165) is 20.5 Å². The SMILES string of the molecule is Cc1csc(Sc2ccc(C(=O)NC3C4CCN(CC4)C3C)cc2)n1. The summed E-state index contributed by atoms with van der Waals surface area (Å²) in [6.07, 6.45) is 2.41. The van der Waals surface area contributed by atoms with Crippen molar-refractivity contribution in [1.29, 1.82) is 0 Å². The number of fused-ring (bicyclic) bond motifs is 3. The number of carbonyl (C=O) groups is 1. The molecule has 0 radical (unpaired) electrons. The molecular formula is C19H23N3OS2. The van der Waals surface area contributed by atoms with Gasteiger partial charge in [0.15, 0.2) is 4.34 Å². The molecule has 4 heterocycles. The van der Waals surface area contributed by atoms with Gasteiger partial charge in [-0.05, 0) is 70.0 Å². The first-order chi connectivity index (χ1) is 12.1. The van der Waals surface area contributed by atoms with Gasteiger partial charge in [-0.25, -0.2) is 4.98 Å². The number of amides is 1. The molecule has 2 bridgehead atoms. The maximum atomic E-state index is 12.7. The molecule has 4 nitrogen and oxygen atoms in total. The molecule has 0 saturated carbocycles. The molecule has 1 aromatic heterocycles. The van der Waals surface area contributed by atoms with E-state index in [1.807, 2.05) is 31.2 Å². The maximum absolute atomic E-state index is 12.7. The first kappa shape index (κ1) is 17.1. The number of aryl methyl sites for hydroxylation is 1. The summed E-state index contributed by atoms with van der Waals surface area (Å²) in [6, 6.07) is 8.59. The Bertz CT molecular complexity index is 748. The van der Waals surface area contributed by atoms with Crippen LogP contribution in [0.5, 0.6) is 0 Å². The summed E-state index contributed by atoms with van der Waals surface area (Å²) in [5, 5.41) is 5.35. The quantitative estimate of drug-likeness (QED) is 0.885. The van der Waals surface area contributed by atoms with Crippen LogP contribution >= 0.6 is 23.1 Å². The van der Waals surface area contributed by atoms with Crippen LogP contribution in [0.25, 0.3) is 0 Å². The highest BCUT2D eigenvalue weighted by Crippen LogP contribution is 2.33. The topological polar surface area (TPSA) is 45.2 Å². The van der Waals surface area contributed by atoms with E-state index in [4.69, 9.17) is 0 Å². The Morgan fingerprint density at radius 3 is 2.60 bits per heavy atom. The summed E-state index contributed by atoms with van der Waals surface area (Å²) in [5.74, 6) is 0.680. The van der Waals surface area contributed by atoms with Gasteiger partial charge in [-0.3, -0.25) is 9.69 Å². The van der Waals surface area contributed by atoms with Crippen molar-refractivity contribution < 1.29 is 4.79 Å². The lowest BCUT2D eigenvalue weighted by Gasteiger charge is -2.49. The number of hydrogen-bond donors (Lipinski definition) is 1. The first-order valence-corrected chi connectivity index (χ1v) is 10.5. The van der Waals surface area contributed by atoms with Crippen molar-refractivity contribution in [3.05, 3.63) is 40.9 Å². The van der Waals surface area contributed by atoms with Crippen LogP contribution in [-0.4, -0.2) is 41.0 Å². The zero-order valence-corrected chi connectivity index (χ0v) is 16.2. The molecule has 3 saturated heterocycles. The Balaban J connectivity index is 1.40. The van der Waals surface area contributed by atoms with Gasteiger partial charge in [-0.2, -0.15) is 0 Å². The van der Waals surface area contributed by atoms with Gasteiger partial charge in [0.2, 0.25) is 0 Å². The summed E-state index contributed by atoms with van der Waals surface area (Å²) in [5.41, 5.74) is 1.79. The number of nitrogens with one attached hydrogen (secondary N) is 1. The molecular weight excluding hydrogens is 350 g/mol. The molecule has 1 amide bonds. The second-order valence-corrected chi connectivity index (χ2v) is 9.17. The molecule has 2 atom stereocenters. The van der Waals surface area contributed by atoms with Crippen molar-refractivity contribution in [2.24, 2.45) is 5.92 Å². The van der Waals surface area contributed by atoms with Crippen molar-refractivity contribution in [3.63, 3.8) is 0 Å². The number of nitrogens with zero attached hydrogens (tertiary/aromatic N) is 2. The molecule has 2 aromatic rings. The predicted molar refractivity (Wildman–Crippen MR) is 102 cm³/mol. The fourth-order valence-corrected chi connectivity index (χ4v) is 5.74. The molecule has 1 aromatic carbocycles. The number of thiazole rings is 1. The number of benzene rings is 1. The number of piperidine rings is 3.